The van der Waals surface area contributed by atoms with E-state index in [1.165, 1.54) is 6.08 Å². The van der Waals surface area contributed by atoms with Gasteiger partial charge in [0.15, 0.2) is 0 Å². The van der Waals surface area contributed by atoms with Gasteiger partial charge in [-0.25, -0.2) is 4.98 Å². The van der Waals surface area contributed by atoms with E-state index in [0.29, 0.717) is 47.8 Å². The average Bonchev–Trinajstić information content (AvgIpc) is 3.59. The largest absolute Gasteiger partial charge is 0.481 e. The van der Waals surface area contributed by atoms with Crippen molar-refractivity contribution in [3.63, 3.8) is 0 Å². The number of hydrogen-bond donors (Lipinski definition) is 1. The van der Waals surface area contributed by atoms with Gasteiger partial charge in [-0.15, -0.1) is 0 Å². The lowest BCUT2D eigenvalue weighted by Gasteiger charge is -2.23. The Balaban J connectivity index is 1.60. The van der Waals surface area contributed by atoms with Gasteiger partial charge in [0.2, 0.25) is 17.7 Å². The van der Waals surface area contributed by atoms with Crippen molar-refractivity contribution in [1.29, 1.82) is 0 Å². The van der Waals surface area contributed by atoms with Crippen LogP contribution in [0.5, 0.6) is 11.8 Å². The summed E-state index contributed by atoms with van der Waals surface area (Å²) in [7, 11) is 3.09. The Morgan fingerprint density at radius 3 is 2.63 bits per heavy atom. The number of amides is 1. The zero-order chi connectivity index (χ0) is 26.6. The van der Waals surface area contributed by atoms with Gasteiger partial charge in [0, 0.05) is 50.2 Å². The van der Waals surface area contributed by atoms with Gasteiger partial charge in [-0.05, 0) is 49.2 Å². The number of likely N-dealkylation sites (tertiary alicyclic amines) is 1. The molecule has 3 aromatic rings. The van der Waals surface area contributed by atoms with E-state index in [9.17, 15) is 4.79 Å². The molecule has 0 radical (unpaired) electrons. The minimum Gasteiger partial charge on any atom is -0.481 e. The van der Waals surface area contributed by atoms with Crippen LogP contribution in [0.2, 0.25) is 0 Å². The molecule has 2 saturated heterocycles. The number of methoxy groups -OCH3 is 2. The highest BCUT2D eigenvalue weighted by molar-refractivity contribution is 5.95. The Labute approximate surface area is 221 Å². The minimum absolute atomic E-state index is 0.00620. The number of nitrogens with two attached hydrogens (primary N) is 1. The van der Waals surface area contributed by atoms with E-state index in [1.807, 2.05) is 10.9 Å². The number of carbonyl (C=O) groups is 1. The number of anilines is 1. The van der Waals surface area contributed by atoms with Crippen LogP contribution < -0.4 is 15.2 Å². The van der Waals surface area contributed by atoms with Crippen LogP contribution in [0.4, 0.5) is 5.82 Å². The maximum Gasteiger partial charge on any atom is 0.246 e. The molecule has 2 aliphatic rings. The number of aromatic nitrogens is 4. The molecule has 1 atom stereocenters. The molecule has 10 heteroatoms. The van der Waals surface area contributed by atoms with Crippen LogP contribution >= 0.6 is 0 Å². The van der Waals surface area contributed by atoms with Crippen LogP contribution in [0.15, 0.2) is 31.0 Å². The topological polar surface area (TPSA) is 118 Å². The van der Waals surface area contributed by atoms with E-state index in [0.717, 1.165) is 55.4 Å². The number of nitrogen functional groups attached to an aromatic ring is 1. The van der Waals surface area contributed by atoms with Gasteiger partial charge in [-0.1, -0.05) is 12.5 Å². The Morgan fingerprint density at radius 2 is 1.95 bits per heavy atom. The Hall–Kier alpha value is -4.10. The normalized spacial score (nSPS) is 17.7. The highest BCUT2D eigenvalue weighted by Gasteiger charge is 2.30. The molecular weight excluding hydrogens is 484 g/mol. The maximum absolute atomic E-state index is 12.3. The van der Waals surface area contributed by atoms with Crippen molar-refractivity contribution in [1.82, 2.24) is 24.6 Å². The van der Waals surface area contributed by atoms with Gasteiger partial charge in [-0.2, -0.15) is 10.1 Å². The second-order valence-corrected chi connectivity index (χ2v) is 9.57. The Morgan fingerprint density at radius 1 is 1.21 bits per heavy atom. The standard InChI is InChI=1S/C28H32N6O4/c1-4-25(35)33-10-7-21(17-33)34-27-20(13-18-8-11-38-12-9-18)16-30-28(29)26(27)22(32-34)6-5-19-14-23(36-2)31-24(15-19)37-3/h4,14-16,18,21H,1,7-13,17H2,2-3H3,(H2,29,30). The van der Waals surface area contributed by atoms with E-state index in [1.54, 1.807) is 31.3 Å². The lowest BCUT2D eigenvalue weighted by Crippen LogP contribution is -2.27. The molecule has 1 unspecified atom stereocenters. The van der Waals surface area contributed by atoms with Crippen molar-refractivity contribution >= 4 is 22.6 Å². The van der Waals surface area contributed by atoms with Crippen LogP contribution in [-0.2, 0) is 16.0 Å². The third-order valence-electron chi connectivity index (χ3n) is 7.20. The minimum atomic E-state index is -0.0758. The molecule has 0 aliphatic carbocycles. The van der Waals surface area contributed by atoms with Crippen molar-refractivity contribution in [3.05, 3.63) is 47.8 Å². The van der Waals surface area contributed by atoms with Crippen molar-refractivity contribution in [2.45, 2.75) is 31.7 Å². The number of fused-ring (bicyclic) bond motifs is 1. The summed E-state index contributed by atoms with van der Waals surface area (Å²) < 4.78 is 18.1. The van der Waals surface area contributed by atoms with Crippen molar-refractivity contribution < 1.29 is 19.0 Å². The van der Waals surface area contributed by atoms with E-state index >= 15 is 0 Å². The SMILES string of the molecule is C=CC(=O)N1CCC(n2nc(C#Cc3cc(OC)nc(OC)c3)c3c(N)ncc(CC4CCOCC4)c32)C1. The van der Waals surface area contributed by atoms with Gasteiger partial charge < -0.3 is 24.8 Å². The summed E-state index contributed by atoms with van der Waals surface area (Å²) in [4.78, 5) is 22.9. The summed E-state index contributed by atoms with van der Waals surface area (Å²) in [6.45, 7) is 6.37. The zero-order valence-electron chi connectivity index (χ0n) is 21.8. The highest BCUT2D eigenvalue weighted by Crippen LogP contribution is 2.34. The highest BCUT2D eigenvalue weighted by atomic mass is 16.5. The van der Waals surface area contributed by atoms with Crippen molar-refractivity contribution in [2.75, 3.05) is 46.3 Å². The molecule has 5 rings (SSSR count). The second kappa shape index (κ2) is 11.1. The molecule has 2 aliphatic heterocycles. The molecule has 0 saturated carbocycles. The molecular formula is C28H32N6O4. The Bertz CT molecular complexity index is 1390. The molecule has 3 aromatic heterocycles. The summed E-state index contributed by atoms with van der Waals surface area (Å²) in [6.07, 6.45) is 6.86. The first-order valence-electron chi connectivity index (χ1n) is 12.8. The molecule has 0 bridgehead atoms. The molecule has 2 fully saturated rings. The summed E-state index contributed by atoms with van der Waals surface area (Å²) in [5.41, 5.74) is 9.69. The van der Waals surface area contributed by atoms with Crippen LogP contribution in [0.3, 0.4) is 0 Å². The number of pyridine rings is 2. The van der Waals surface area contributed by atoms with Crippen LogP contribution in [0, 0.1) is 17.8 Å². The number of hydrogen-bond acceptors (Lipinski definition) is 8. The first-order valence-corrected chi connectivity index (χ1v) is 12.8. The molecule has 0 spiro atoms. The number of rotatable bonds is 6. The van der Waals surface area contributed by atoms with Gasteiger partial charge in [-0.3, -0.25) is 9.48 Å². The molecule has 1 amide bonds. The van der Waals surface area contributed by atoms with E-state index in [2.05, 4.69) is 28.4 Å². The lowest BCUT2D eigenvalue weighted by molar-refractivity contribution is -0.125. The zero-order valence-corrected chi connectivity index (χ0v) is 21.8. The summed E-state index contributed by atoms with van der Waals surface area (Å²) in [5.74, 6) is 7.99. The summed E-state index contributed by atoms with van der Waals surface area (Å²) >= 11 is 0. The predicted octanol–water partition coefficient (Wildman–Crippen LogP) is 2.75. The van der Waals surface area contributed by atoms with Gasteiger partial charge in [0.25, 0.3) is 0 Å². The van der Waals surface area contributed by atoms with E-state index < -0.39 is 0 Å². The predicted molar refractivity (Wildman–Crippen MR) is 143 cm³/mol. The summed E-state index contributed by atoms with van der Waals surface area (Å²) in [6, 6.07) is 3.47. The fraction of sp³-hybridized carbons (Fsp3) is 0.429. The van der Waals surface area contributed by atoms with Crippen molar-refractivity contribution in [2.24, 2.45) is 5.92 Å². The summed E-state index contributed by atoms with van der Waals surface area (Å²) in [5, 5.41) is 5.70. The first-order chi connectivity index (χ1) is 18.5. The third-order valence-corrected chi connectivity index (χ3v) is 7.20. The van der Waals surface area contributed by atoms with Crippen LogP contribution in [-0.4, -0.2) is 71.1 Å². The Kier molecular flexibility index (Phi) is 7.47. The van der Waals surface area contributed by atoms with Gasteiger partial charge in [0.05, 0.1) is 31.2 Å². The van der Waals surface area contributed by atoms with E-state index in [4.69, 9.17) is 25.0 Å². The third kappa shape index (κ3) is 5.15. The van der Waals surface area contributed by atoms with Gasteiger partial charge in [0.1, 0.15) is 11.5 Å². The molecule has 5 heterocycles. The monoisotopic (exact) mass is 516 g/mol. The average molecular weight is 517 g/mol. The molecule has 2 N–H and O–H groups in total. The van der Waals surface area contributed by atoms with Gasteiger partial charge >= 0.3 is 0 Å². The molecule has 198 valence electrons. The smallest absolute Gasteiger partial charge is 0.246 e. The fourth-order valence-electron chi connectivity index (χ4n) is 5.18. The van der Waals surface area contributed by atoms with E-state index in [-0.39, 0.29) is 11.9 Å². The maximum atomic E-state index is 12.3. The van der Waals surface area contributed by atoms with Crippen LogP contribution in [0.1, 0.15) is 42.1 Å². The van der Waals surface area contributed by atoms with Crippen molar-refractivity contribution in [3.8, 4) is 23.6 Å². The number of nitrogens with zero attached hydrogens (tertiary/aromatic N) is 5. The van der Waals surface area contributed by atoms with Crippen LogP contribution in [0.25, 0.3) is 10.9 Å². The first kappa shape index (κ1) is 25.5. The number of ether oxygens (including phenoxy) is 3. The molecule has 0 aromatic carbocycles. The lowest BCUT2D eigenvalue weighted by atomic mass is 9.92. The molecule has 10 nitrogen and oxygen atoms in total. The number of carbonyl (C=O) groups excluding carboxylic acids is 1. The second-order valence-electron chi connectivity index (χ2n) is 9.57. The molecule has 38 heavy (non-hydrogen) atoms. The fourth-order valence-corrected chi connectivity index (χ4v) is 5.18. The quantitative estimate of drug-likeness (QED) is 0.393.